The molecule has 0 spiro atoms. The minimum Gasteiger partial charge on any atom is -0.478 e. The van der Waals surface area contributed by atoms with Gasteiger partial charge in [0.15, 0.2) is 0 Å². The van der Waals surface area contributed by atoms with Gasteiger partial charge in [0, 0.05) is 17.5 Å². The molecule has 1 aromatic heterocycles. The van der Waals surface area contributed by atoms with E-state index in [2.05, 4.69) is 4.90 Å². The van der Waals surface area contributed by atoms with E-state index >= 15 is 0 Å². The monoisotopic (exact) mass is 237 g/mol. The molecule has 0 aliphatic carbocycles. The minimum absolute atomic E-state index is 0.890. The molecule has 1 aromatic rings. The Labute approximate surface area is 99.0 Å². The van der Waals surface area contributed by atoms with Crippen LogP contribution in [0.5, 0.6) is 0 Å². The molecule has 2 heterocycles. The Kier molecular flexibility index (Phi) is 3.74. The Morgan fingerprint density at radius 1 is 1.50 bits per heavy atom. The first kappa shape index (κ1) is 11.4. The number of carboxylic acids is 1. The smallest absolute Gasteiger partial charge is 0.328 e. The van der Waals surface area contributed by atoms with E-state index in [1.807, 2.05) is 11.4 Å². The van der Waals surface area contributed by atoms with E-state index in [1.54, 1.807) is 17.4 Å². The molecule has 4 heteroatoms. The van der Waals surface area contributed by atoms with Gasteiger partial charge in [0.1, 0.15) is 0 Å². The summed E-state index contributed by atoms with van der Waals surface area (Å²) < 4.78 is 0. The molecule has 1 aliphatic rings. The zero-order chi connectivity index (χ0) is 11.4. The van der Waals surface area contributed by atoms with Gasteiger partial charge in [-0.15, -0.1) is 11.3 Å². The van der Waals surface area contributed by atoms with Crippen molar-refractivity contribution in [1.29, 1.82) is 0 Å². The summed E-state index contributed by atoms with van der Waals surface area (Å²) in [5, 5.41) is 10.6. The molecule has 0 amide bonds. The van der Waals surface area contributed by atoms with Crippen molar-refractivity contribution < 1.29 is 9.90 Å². The number of hydrogen-bond acceptors (Lipinski definition) is 3. The molecule has 3 nitrogen and oxygen atoms in total. The molecule has 2 rings (SSSR count). The van der Waals surface area contributed by atoms with Crippen LogP contribution in [0.2, 0.25) is 0 Å². The average Bonchev–Trinajstić information content (AvgIpc) is 2.87. The predicted octanol–water partition coefficient (Wildman–Crippen LogP) is 2.44. The predicted molar refractivity (Wildman–Crippen MR) is 65.5 cm³/mol. The van der Waals surface area contributed by atoms with Crippen LogP contribution in [-0.2, 0) is 11.3 Å². The second kappa shape index (κ2) is 5.27. The average molecular weight is 237 g/mol. The summed E-state index contributed by atoms with van der Waals surface area (Å²) in [5.74, 6) is -0.890. The molecule has 1 aliphatic heterocycles. The number of carboxylic acid groups (broad SMARTS) is 1. The van der Waals surface area contributed by atoms with E-state index in [9.17, 15) is 4.79 Å². The molecule has 86 valence electrons. The van der Waals surface area contributed by atoms with Gasteiger partial charge in [0.05, 0.1) is 0 Å². The van der Waals surface area contributed by atoms with Crippen molar-refractivity contribution in [2.24, 2.45) is 0 Å². The number of carbonyl (C=O) groups is 1. The molecule has 1 N–H and O–H groups in total. The lowest BCUT2D eigenvalue weighted by molar-refractivity contribution is -0.131. The largest absolute Gasteiger partial charge is 0.478 e. The molecular weight excluding hydrogens is 222 g/mol. The van der Waals surface area contributed by atoms with Crippen LogP contribution in [0.25, 0.3) is 6.08 Å². The van der Waals surface area contributed by atoms with E-state index in [0.717, 1.165) is 12.1 Å². The first-order valence-electron chi connectivity index (χ1n) is 5.45. The Morgan fingerprint density at radius 3 is 2.94 bits per heavy atom. The van der Waals surface area contributed by atoms with Gasteiger partial charge in [-0.3, -0.25) is 4.90 Å². The summed E-state index contributed by atoms with van der Waals surface area (Å²) in [5.41, 5.74) is 1.04. The fourth-order valence-electron chi connectivity index (χ4n) is 1.93. The molecule has 16 heavy (non-hydrogen) atoms. The lowest BCUT2D eigenvalue weighted by atomic mass is 10.2. The third-order valence-corrected chi connectivity index (χ3v) is 3.67. The fraction of sp³-hybridized carbons (Fsp3) is 0.417. The maximum absolute atomic E-state index is 10.5. The second-order valence-corrected chi connectivity index (χ2v) is 4.95. The first-order chi connectivity index (χ1) is 7.75. The number of hydrogen-bond donors (Lipinski definition) is 1. The van der Waals surface area contributed by atoms with Gasteiger partial charge < -0.3 is 5.11 Å². The van der Waals surface area contributed by atoms with E-state index in [4.69, 9.17) is 5.11 Å². The summed E-state index contributed by atoms with van der Waals surface area (Å²) in [7, 11) is 0. The Hall–Kier alpha value is -1.13. The maximum Gasteiger partial charge on any atom is 0.328 e. The van der Waals surface area contributed by atoms with Crippen LogP contribution >= 0.6 is 11.3 Å². The third kappa shape index (κ3) is 2.93. The molecule has 0 atom stereocenters. The molecule has 0 saturated carbocycles. The van der Waals surface area contributed by atoms with Gasteiger partial charge in [-0.25, -0.2) is 4.79 Å². The van der Waals surface area contributed by atoms with Crippen molar-refractivity contribution in [3.8, 4) is 0 Å². The molecule has 0 unspecified atom stereocenters. The van der Waals surface area contributed by atoms with E-state index in [-0.39, 0.29) is 0 Å². The SMILES string of the molecule is O=C(O)C=Cc1ccsc1CN1CCCC1. The highest BCUT2D eigenvalue weighted by atomic mass is 32.1. The number of thiophene rings is 1. The topological polar surface area (TPSA) is 40.5 Å². The van der Waals surface area contributed by atoms with Crippen LogP contribution in [0.3, 0.4) is 0 Å². The number of aliphatic carboxylic acids is 1. The summed E-state index contributed by atoms with van der Waals surface area (Å²) in [4.78, 5) is 14.1. The first-order valence-corrected chi connectivity index (χ1v) is 6.33. The van der Waals surface area contributed by atoms with Crippen LogP contribution in [0.4, 0.5) is 0 Å². The van der Waals surface area contributed by atoms with E-state index in [0.29, 0.717) is 0 Å². The summed E-state index contributed by atoms with van der Waals surface area (Å²) >= 11 is 1.70. The Balaban J connectivity index is 2.03. The quantitative estimate of drug-likeness (QED) is 0.818. The van der Waals surface area contributed by atoms with Gasteiger partial charge in [0.2, 0.25) is 0 Å². The van der Waals surface area contributed by atoms with Crippen molar-refractivity contribution in [2.45, 2.75) is 19.4 Å². The highest BCUT2D eigenvalue weighted by Gasteiger charge is 2.13. The lowest BCUT2D eigenvalue weighted by Crippen LogP contribution is -2.17. The number of nitrogens with zero attached hydrogens (tertiary/aromatic N) is 1. The Bertz CT molecular complexity index is 391. The van der Waals surface area contributed by atoms with E-state index < -0.39 is 5.97 Å². The van der Waals surface area contributed by atoms with Gasteiger partial charge in [-0.2, -0.15) is 0 Å². The summed E-state index contributed by atoms with van der Waals surface area (Å²) in [6.07, 6.45) is 5.46. The molecule has 0 radical (unpaired) electrons. The summed E-state index contributed by atoms with van der Waals surface area (Å²) in [6.45, 7) is 3.29. The van der Waals surface area contributed by atoms with Crippen molar-refractivity contribution in [1.82, 2.24) is 4.90 Å². The van der Waals surface area contributed by atoms with Gasteiger partial charge >= 0.3 is 5.97 Å². The Morgan fingerprint density at radius 2 is 2.25 bits per heavy atom. The second-order valence-electron chi connectivity index (χ2n) is 3.95. The number of likely N-dealkylation sites (tertiary alicyclic amines) is 1. The van der Waals surface area contributed by atoms with Crippen molar-refractivity contribution in [3.63, 3.8) is 0 Å². The number of rotatable bonds is 4. The van der Waals surface area contributed by atoms with Crippen LogP contribution in [0, 0.1) is 0 Å². The van der Waals surface area contributed by atoms with Crippen LogP contribution in [-0.4, -0.2) is 29.1 Å². The zero-order valence-corrected chi connectivity index (χ0v) is 9.87. The molecule has 1 saturated heterocycles. The minimum atomic E-state index is -0.890. The standard InChI is InChI=1S/C12H15NO2S/c14-12(15)4-3-10-5-8-16-11(10)9-13-6-1-2-7-13/h3-5,8H,1-2,6-7,9H2,(H,14,15). The van der Waals surface area contributed by atoms with Crippen LogP contribution in [0.15, 0.2) is 17.5 Å². The third-order valence-electron chi connectivity index (χ3n) is 2.75. The van der Waals surface area contributed by atoms with Crippen molar-refractivity contribution >= 4 is 23.4 Å². The highest BCUT2D eigenvalue weighted by Crippen LogP contribution is 2.22. The molecular formula is C12H15NO2S. The lowest BCUT2D eigenvalue weighted by Gasteiger charge is -2.13. The fourth-order valence-corrected chi connectivity index (χ4v) is 2.84. The van der Waals surface area contributed by atoms with Gasteiger partial charge in [-0.1, -0.05) is 0 Å². The van der Waals surface area contributed by atoms with Crippen molar-refractivity contribution in [3.05, 3.63) is 28.0 Å². The molecule has 1 fully saturated rings. The maximum atomic E-state index is 10.5. The molecule has 0 aromatic carbocycles. The van der Waals surface area contributed by atoms with Gasteiger partial charge in [0.25, 0.3) is 0 Å². The van der Waals surface area contributed by atoms with Crippen molar-refractivity contribution in [2.75, 3.05) is 13.1 Å². The zero-order valence-electron chi connectivity index (χ0n) is 9.06. The van der Waals surface area contributed by atoms with E-state index in [1.165, 1.54) is 36.9 Å². The summed E-state index contributed by atoms with van der Waals surface area (Å²) in [6, 6.07) is 1.98. The molecule has 0 bridgehead atoms. The highest BCUT2D eigenvalue weighted by molar-refractivity contribution is 7.10. The van der Waals surface area contributed by atoms with Crippen LogP contribution < -0.4 is 0 Å². The normalized spacial score (nSPS) is 17.2. The van der Waals surface area contributed by atoms with Crippen LogP contribution in [0.1, 0.15) is 23.3 Å². The van der Waals surface area contributed by atoms with Gasteiger partial charge in [-0.05, 0) is 49.0 Å².